The van der Waals surface area contributed by atoms with Gasteiger partial charge in [-0.15, -0.1) is 0 Å². The van der Waals surface area contributed by atoms with Crippen molar-refractivity contribution in [3.05, 3.63) is 30.3 Å². The van der Waals surface area contributed by atoms with E-state index in [1.54, 1.807) is 0 Å². The Morgan fingerprint density at radius 2 is 1.60 bits per heavy atom. The van der Waals surface area contributed by atoms with E-state index in [0.717, 1.165) is 18.7 Å². The SMILES string of the molecule is CCN(CC)P(c1ccccc1)C(C)C. The molecular formula is C13H22NP. The highest BCUT2D eigenvalue weighted by Gasteiger charge is 2.20. The molecule has 0 fully saturated rings. The highest BCUT2D eigenvalue weighted by molar-refractivity contribution is 7.63. The van der Waals surface area contributed by atoms with Gasteiger partial charge in [0.15, 0.2) is 0 Å². The maximum Gasteiger partial charge on any atom is -0.000476 e. The third-order valence-electron chi connectivity index (χ3n) is 2.54. The van der Waals surface area contributed by atoms with Crippen LogP contribution in [0.15, 0.2) is 30.3 Å². The van der Waals surface area contributed by atoms with Gasteiger partial charge in [-0.2, -0.15) is 0 Å². The average molecular weight is 223 g/mol. The van der Waals surface area contributed by atoms with Gasteiger partial charge < -0.3 is 0 Å². The van der Waals surface area contributed by atoms with Gasteiger partial charge in [0.2, 0.25) is 0 Å². The van der Waals surface area contributed by atoms with Crippen molar-refractivity contribution in [1.29, 1.82) is 0 Å². The largest absolute Gasteiger partial charge is 0.279 e. The van der Waals surface area contributed by atoms with Crippen LogP contribution in [0.25, 0.3) is 0 Å². The summed E-state index contributed by atoms with van der Waals surface area (Å²) in [5.74, 6) is 0. The monoisotopic (exact) mass is 223 g/mol. The standard InChI is InChI=1S/C13H22NP/c1-5-14(6-2)15(12(3)4)13-10-8-7-9-11-13/h7-12H,5-6H2,1-4H3. The molecule has 0 saturated carbocycles. The molecule has 1 unspecified atom stereocenters. The topological polar surface area (TPSA) is 3.24 Å². The Bertz CT molecular complexity index is 267. The summed E-state index contributed by atoms with van der Waals surface area (Å²) in [6, 6.07) is 10.9. The van der Waals surface area contributed by atoms with Gasteiger partial charge in [-0.05, 0) is 32.1 Å². The van der Waals surface area contributed by atoms with Gasteiger partial charge in [-0.1, -0.05) is 58.0 Å². The van der Waals surface area contributed by atoms with E-state index in [4.69, 9.17) is 0 Å². The Morgan fingerprint density at radius 3 is 2.00 bits per heavy atom. The van der Waals surface area contributed by atoms with E-state index in [9.17, 15) is 0 Å². The Labute approximate surface area is 95.3 Å². The summed E-state index contributed by atoms with van der Waals surface area (Å²) in [6.07, 6.45) is 0. The molecule has 0 heterocycles. The zero-order valence-electron chi connectivity index (χ0n) is 10.3. The predicted octanol–water partition coefficient (Wildman–Crippen LogP) is 3.46. The fourth-order valence-electron chi connectivity index (χ4n) is 1.90. The van der Waals surface area contributed by atoms with Crippen molar-refractivity contribution < 1.29 is 0 Å². The minimum absolute atomic E-state index is 0.145. The van der Waals surface area contributed by atoms with Crippen LogP contribution in [0.4, 0.5) is 0 Å². The smallest absolute Gasteiger partial charge is 0.000476 e. The summed E-state index contributed by atoms with van der Waals surface area (Å²) < 4.78 is 2.59. The molecule has 1 aromatic carbocycles. The highest BCUT2D eigenvalue weighted by atomic mass is 31.1. The number of hydrogen-bond donors (Lipinski definition) is 0. The molecule has 0 aliphatic carbocycles. The normalized spacial score (nSPS) is 13.5. The first-order valence-corrected chi connectivity index (χ1v) is 7.16. The first-order chi connectivity index (χ1) is 7.20. The molecule has 0 aliphatic rings. The minimum atomic E-state index is -0.145. The molecule has 0 amide bonds. The Kier molecular flexibility index (Phi) is 5.28. The fraction of sp³-hybridized carbons (Fsp3) is 0.538. The van der Waals surface area contributed by atoms with E-state index < -0.39 is 0 Å². The average Bonchev–Trinajstić information content (AvgIpc) is 2.26. The van der Waals surface area contributed by atoms with Crippen LogP contribution in [-0.4, -0.2) is 23.4 Å². The van der Waals surface area contributed by atoms with Gasteiger partial charge in [-0.25, -0.2) is 0 Å². The second kappa shape index (κ2) is 6.25. The second-order valence-corrected chi connectivity index (χ2v) is 6.72. The zero-order valence-corrected chi connectivity index (χ0v) is 11.2. The zero-order chi connectivity index (χ0) is 11.3. The van der Waals surface area contributed by atoms with Gasteiger partial charge in [0.25, 0.3) is 0 Å². The molecule has 0 saturated heterocycles. The van der Waals surface area contributed by atoms with Crippen molar-refractivity contribution >= 4 is 13.4 Å². The molecule has 84 valence electrons. The maximum atomic E-state index is 2.59. The summed E-state index contributed by atoms with van der Waals surface area (Å²) in [4.78, 5) is 0. The van der Waals surface area contributed by atoms with E-state index in [2.05, 4.69) is 62.7 Å². The van der Waals surface area contributed by atoms with Crippen LogP contribution in [-0.2, 0) is 0 Å². The molecule has 0 radical (unpaired) electrons. The Morgan fingerprint density at radius 1 is 1.07 bits per heavy atom. The summed E-state index contributed by atoms with van der Waals surface area (Å²) in [7, 11) is -0.145. The van der Waals surface area contributed by atoms with Crippen LogP contribution in [0.1, 0.15) is 27.7 Å². The second-order valence-electron chi connectivity index (χ2n) is 3.91. The lowest BCUT2D eigenvalue weighted by Crippen LogP contribution is -2.26. The van der Waals surface area contributed by atoms with Crippen LogP contribution in [0.5, 0.6) is 0 Å². The van der Waals surface area contributed by atoms with Gasteiger partial charge in [0.1, 0.15) is 0 Å². The van der Waals surface area contributed by atoms with Crippen LogP contribution < -0.4 is 5.30 Å². The molecule has 0 aromatic heterocycles. The van der Waals surface area contributed by atoms with Crippen molar-refractivity contribution in [3.63, 3.8) is 0 Å². The van der Waals surface area contributed by atoms with Crippen LogP contribution in [0, 0.1) is 0 Å². The molecule has 0 aliphatic heterocycles. The summed E-state index contributed by atoms with van der Waals surface area (Å²) in [5.41, 5.74) is 0.724. The molecule has 0 bridgehead atoms. The van der Waals surface area contributed by atoms with Crippen LogP contribution >= 0.6 is 8.07 Å². The van der Waals surface area contributed by atoms with Crippen LogP contribution in [0.2, 0.25) is 0 Å². The molecule has 0 N–H and O–H groups in total. The van der Waals surface area contributed by atoms with Gasteiger partial charge in [0.05, 0.1) is 0 Å². The van der Waals surface area contributed by atoms with E-state index in [1.165, 1.54) is 5.30 Å². The van der Waals surface area contributed by atoms with Crippen molar-refractivity contribution in [3.8, 4) is 0 Å². The third-order valence-corrected chi connectivity index (χ3v) is 5.53. The first kappa shape index (κ1) is 12.7. The van der Waals surface area contributed by atoms with E-state index in [1.807, 2.05) is 0 Å². The fourth-order valence-corrected chi connectivity index (χ4v) is 4.56. The summed E-state index contributed by atoms with van der Waals surface area (Å²) in [5, 5.41) is 1.51. The molecule has 2 heteroatoms. The quantitative estimate of drug-likeness (QED) is 0.691. The molecule has 0 spiro atoms. The number of hydrogen-bond acceptors (Lipinski definition) is 1. The lowest BCUT2D eigenvalue weighted by molar-refractivity contribution is 0.506. The molecule has 15 heavy (non-hydrogen) atoms. The van der Waals surface area contributed by atoms with E-state index in [0.29, 0.717) is 0 Å². The first-order valence-electron chi connectivity index (χ1n) is 5.79. The Hall–Kier alpha value is -0.390. The number of rotatable bonds is 5. The van der Waals surface area contributed by atoms with Crippen molar-refractivity contribution in [2.24, 2.45) is 0 Å². The third kappa shape index (κ3) is 3.29. The molecular weight excluding hydrogens is 201 g/mol. The van der Waals surface area contributed by atoms with Gasteiger partial charge in [-0.3, -0.25) is 4.67 Å². The summed E-state index contributed by atoms with van der Waals surface area (Å²) >= 11 is 0. The van der Waals surface area contributed by atoms with Crippen molar-refractivity contribution in [2.75, 3.05) is 13.1 Å². The molecule has 1 atom stereocenters. The minimum Gasteiger partial charge on any atom is -0.279 e. The number of benzene rings is 1. The highest BCUT2D eigenvalue weighted by Crippen LogP contribution is 2.43. The van der Waals surface area contributed by atoms with E-state index >= 15 is 0 Å². The van der Waals surface area contributed by atoms with E-state index in [-0.39, 0.29) is 8.07 Å². The number of nitrogens with zero attached hydrogens (tertiary/aromatic N) is 1. The van der Waals surface area contributed by atoms with Gasteiger partial charge >= 0.3 is 0 Å². The maximum absolute atomic E-state index is 2.59. The Balaban J connectivity index is 2.92. The lowest BCUT2D eigenvalue weighted by atomic mass is 10.4. The van der Waals surface area contributed by atoms with Crippen molar-refractivity contribution in [2.45, 2.75) is 33.4 Å². The van der Waals surface area contributed by atoms with Crippen molar-refractivity contribution in [1.82, 2.24) is 4.67 Å². The molecule has 1 rings (SSSR count). The molecule has 1 aromatic rings. The lowest BCUT2D eigenvalue weighted by Gasteiger charge is -2.33. The molecule has 1 nitrogen and oxygen atoms in total. The predicted molar refractivity (Wildman–Crippen MR) is 71.1 cm³/mol. The van der Waals surface area contributed by atoms with Crippen LogP contribution in [0.3, 0.4) is 0 Å². The van der Waals surface area contributed by atoms with Gasteiger partial charge in [0, 0.05) is 0 Å². The summed E-state index contributed by atoms with van der Waals surface area (Å²) in [6.45, 7) is 11.5.